The van der Waals surface area contributed by atoms with Gasteiger partial charge in [0.15, 0.2) is 0 Å². The summed E-state index contributed by atoms with van der Waals surface area (Å²) in [5, 5.41) is 0. The Morgan fingerprint density at radius 1 is 1.44 bits per heavy atom. The third-order valence-electron chi connectivity index (χ3n) is 3.07. The van der Waals surface area contributed by atoms with Crippen LogP contribution in [-0.2, 0) is 0 Å². The quantitative estimate of drug-likeness (QED) is 0.582. The lowest BCUT2D eigenvalue weighted by Gasteiger charge is -2.08. The topological polar surface area (TPSA) is 0 Å². The molecule has 0 aromatic rings. The Morgan fingerprint density at radius 2 is 2.11 bits per heavy atom. The molecule has 0 nitrogen and oxygen atoms in total. The number of halogens is 2. The molecular formula is C7H10Br2. The largest absolute Gasteiger partial charge is 0.0896 e. The summed E-state index contributed by atoms with van der Waals surface area (Å²) >= 11 is 7.40. The van der Waals surface area contributed by atoms with E-state index in [1.54, 1.807) is 0 Å². The van der Waals surface area contributed by atoms with E-state index in [4.69, 9.17) is 0 Å². The Labute approximate surface area is 72.7 Å². The van der Waals surface area contributed by atoms with Gasteiger partial charge in [-0.25, -0.2) is 0 Å². The first-order valence-corrected chi connectivity index (χ1v) is 5.05. The van der Waals surface area contributed by atoms with Crippen molar-refractivity contribution in [1.29, 1.82) is 0 Å². The fourth-order valence-electron chi connectivity index (χ4n) is 2.19. The molecule has 0 N–H and O–H groups in total. The van der Waals surface area contributed by atoms with Crippen molar-refractivity contribution in [3.8, 4) is 0 Å². The van der Waals surface area contributed by atoms with Crippen LogP contribution in [0.25, 0.3) is 0 Å². The van der Waals surface area contributed by atoms with Crippen molar-refractivity contribution in [3.63, 3.8) is 0 Å². The molecule has 2 heteroatoms. The third kappa shape index (κ3) is 0.597. The minimum atomic E-state index is 0.325. The van der Waals surface area contributed by atoms with Crippen molar-refractivity contribution in [2.75, 3.05) is 0 Å². The Bertz CT molecular complexity index is 153. The van der Waals surface area contributed by atoms with Crippen LogP contribution in [0.3, 0.4) is 0 Å². The predicted octanol–water partition coefficient (Wildman–Crippen LogP) is 3.29. The lowest BCUT2D eigenvalue weighted by molar-refractivity contribution is 0.546. The van der Waals surface area contributed by atoms with Gasteiger partial charge in [0, 0.05) is 0 Å². The molecule has 0 saturated heterocycles. The molecule has 2 aliphatic carbocycles. The maximum atomic E-state index is 3.70. The molecule has 9 heavy (non-hydrogen) atoms. The number of alkyl halides is 2. The second kappa shape index (κ2) is 1.58. The van der Waals surface area contributed by atoms with E-state index in [-0.39, 0.29) is 0 Å². The number of fused-ring (bicyclic) bond motifs is 1. The van der Waals surface area contributed by atoms with Crippen molar-refractivity contribution < 1.29 is 0 Å². The van der Waals surface area contributed by atoms with Crippen LogP contribution in [0.5, 0.6) is 0 Å². The zero-order chi connectivity index (χ0) is 6.70. The minimum absolute atomic E-state index is 0.325. The predicted molar refractivity (Wildman–Crippen MR) is 46.0 cm³/mol. The summed E-state index contributed by atoms with van der Waals surface area (Å²) in [6.07, 6.45) is 4.24. The van der Waals surface area contributed by atoms with Gasteiger partial charge in [0.25, 0.3) is 0 Å². The van der Waals surface area contributed by atoms with Crippen LogP contribution in [0, 0.1) is 11.3 Å². The fraction of sp³-hybridized carbons (Fsp3) is 1.00. The first-order valence-electron chi connectivity index (χ1n) is 3.47. The van der Waals surface area contributed by atoms with E-state index in [9.17, 15) is 0 Å². The van der Waals surface area contributed by atoms with Crippen molar-refractivity contribution in [2.24, 2.45) is 11.3 Å². The summed E-state index contributed by atoms with van der Waals surface area (Å²) in [6, 6.07) is 0. The van der Waals surface area contributed by atoms with Gasteiger partial charge in [-0.15, -0.1) is 0 Å². The van der Waals surface area contributed by atoms with E-state index in [0.717, 1.165) is 5.92 Å². The summed E-state index contributed by atoms with van der Waals surface area (Å²) < 4.78 is 0.325. The molecule has 0 aliphatic heterocycles. The molecule has 2 atom stereocenters. The first kappa shape index (κ1) is 6.66. The van der Waals surface area contributed by atoms with Gasteiger partial charge in [0.2, 0.25) is 0 Å². The Balaban J connectivity index is 2.26. The summed E-state index contributed by atoms with van der Waals surface area (Å²) in [5.41, 5.74) is 0.590. The van der Waals surface area contributed by atoms with E-state index in [0.29, 0.717) is 8.65 Å². The van der Waals surface area contributed by atoms with E-state index in [1.807, 2.05) is 0 Å². The monoisotopic (exact) mass is 252 g/mol. The normalized spacial score (nSPS) is 53.0. The van der Waals surface area contributed by atoms with Crippen LogP contribution in [0.4, 0.5) is 0 Å². The second-order valence-electron chi connectivity index (χ2n) is 3.49. The lowest BCUT2D eigenvalue weighted by atomic mass is 10.1. The molecule has 2 aliphatic rings. The van der Waals surface area contributed by atoms with Gasteiger partial charge < -0.3 is 0 Å². The molecule has 52 valence electrons. The van der Waals surface area contributed by atoms with Crippen LogP contribution in [0.1, 0.15) is 26.2 Å². The van der Waals surface area contributed by atoms with Crippen LogP contribution in [0.15, 0.2) is 0 Å². The van der Waals surface area contributed by atoms with E-state index >= 15 is 0 Å². The number of rotatable bonds is 0. The van der Waals surface area contributed by atoms with Gasteiger partial charge in [-0.2, -0.15) is 0 Å². The molecule has 0 amide bonds. The molecule has 0 bridgehead atoms. The highest BCUT2D eigenvalue weighted by Gasteiger charge is 2.72. The van der Waals surface area contributed by atoms with Gasteiger partial charge in [-0.1, -0.05) is 45.2 Å². The van der Waals surface area contributed by atoms with Gasteiger partial charge in [-0.3, -0.25) is 0 Å². The van der Waals surface area contributed by atoms with Crippen LogP contribution < -0.4 is 0 Å². The maximum Gasteiger partial charge on any atom is 0.0896 e. The molecule has 0 spiro atoms. The molecule has 0 heterocycles. The summed E-state index contributed by atoms with van der Waals surface area (Å²) in [7, 11) is 0. The zero-order valence-electron chi connectivity index (χ0n) is 5.45. The average Bonchev–Trinajstić information content (AvgIpc) is 2.21. The van der Waals surface area contributed by atoms with E-state index in [2.05, 4.69) is 38.8 Å². The van der Waals surface area contributed by atoms with Gasteiger partial charge >= 0.3 is 0 Å². The van der Waals surface area contributed by atoms with Crippen molar-refractivity contribution in [1.82, 2.24) is 0 Å². The van der Waals surface area contributed by atoms with Crippen molar-refractivity contribution in [3.05, 3.63) is 0 Å². The summed E-state index contributed by atoms with van der Waals surface area (Å²) in [5.74, 6) is 0.907. The molecule has 0 aromatic heterocycles. The van der Waals surface area contributed by atoms with Gasteiger partial charge in [-0.05, 0) is 24.2 Å². The van der Waals surface area contributed by atoms with Gasteiger partial charge in [0.1, 0.15) is 0 Å². The molecule has 0 radical (unpaired) electrons. The average molecular weight is 254 g/mol. The lowest BCUT2D eigenvalue weighted by Crippen LogP contribution is -2.01. The Hall–Kier alpha value is 0.960. The molecule has 0 aromatic carbocycles. The third-order valence-corrected chi connectivity index (χ3v) is 5.99. The molecular weight excluding hydrogens is 244 g/mol. The molecule has 2 fully saturated rings. The smallest absolute Gasteiger partial charge is 0.0718 e. The molecule has 2 rings (SSSR count). The highest BCUT2D eigenvalue weighted by atomic mass is 79.9. The summed E-state index contributed by atoms with van der Waals surface area (Å²) in [6.45, 7) is 2.37. The zero-order valence-corrected chi connectivity index (χ0v) is 8.63. The van der Waals surface area contributed by atoms with E-state index < -0.39 is 0 Å². The van der Waals surface area contributed by atoms with Crippen molar-refractivity contribution in [2.45, 2.75) is 29.4 Å². The van der Waals surface area contributed by atoms with Crippen LogP contribution in [-0.4, -0.2) is 3.23 Å². The van der Waals surface area contributed by atoms with Crippen LogP contribution in [0.2, 0.25) is 0 Å². The first-order chi connectivity index (χ1) is 4.09. The van der Waals surface area contributed by atoms with Crippen molar-refractivity contribution >= 4 is 31.9 Å². The Kier molecular flexibility index (Phi) is 1.17. The fourth-order valence-corrected chi connectivity index (χ4v) is 4.38. The minimum Gasteiger partial charge on any atom is -0.0718 e. The highest BCUT2D eigenvalue weighted by molar-refractivity contribution is 9.25. The summed E-state index contributed by atoms with van der Waals surface area (Å²) in [4.78, 5) is 0. The van der Waals surface area contributed by atoms with Crippen LogP contribution >= 0.6 is 31.9 Å². The molecule has 2 unspecified atom stereocenters. The maximum absolute atomic E-state index is 3.70. The number of hydrogen-bond donors (Lipinski definition) is 0. The second-order valence-corrected chi connectivity index (χ2v) is 7.05. The standard InChI is InChI=1S/C7H10Br2/c1-6-4-2-3-5(6)7(6,8)9/h5H,2-4H2,1H3. The Morgan fingerprint density at radius 3 is 2.33 bits per heavy atom. The van der Waals surface area contributed by atoms with Gasteiger partial charge in [0.05, 0.1) is 3.23 Å². The SMILES string of the molecule is CC12CCCC1C2(Br)Br. The number of hydrogen-bond acceptors (Lipinski definition) is 0. The van der Waals surface area contributed by atoms with E-state index in [1.165, 1.54) is 19.3 Å². The highest BCUT2D eigenvalue weighted by Crippen LogP contribution is 2.77. The molecule has 2 saturated carbocycles.